The predicted molar refractivity (Wildman–Crippen MR) is 65.7 cm³/mol. The summed E-state index contributed by atoms with van der Waals surface area (Å²) in [6.07, 6.45) is 3.86. The lowest BCUT2D eigenvalue weighted by atomic mass is 10.0. The van der Waals surface area contributed by atoms with Gasteiger partial charge in [0.15, 0.2) is 0 Å². The lowest BCUT2D eigenvalue weighted by Crippen LogP contribution is -2.49. The van der Waals surface area contributed by atoms with Crippen LogP contribution in [0.25, 0.3) is 0 Å². The first-order valence-electron chi connectivity index (χ1n) is 6.45. The standard InChI is InChI=1S/C11H22N2O3S/c1-10-5-8-13(11(10)9-14)17(15,16)12-6-3-2-4-7-12/h10-11,14H,2-9H2,1H3. The van der Waals surface area contributed by atoms with E-state index in [4.69, 9.17) is 0 Å². The third-order valence-corrected chi connectivity index (χ3v) is 6.02. The van der Waals surface area contributed by atoms with Gasteiger partial charge in [0.2, 0.25) is 0 Å². The minimum absolute atomic E-state index is 0.0752. The molecular formula is C11H22N2O3S. The fourth-order valence-corrected chi connectivity index (χ4v) is 4.74. The second-order valence-corrected chi connectivity index (χ2v) is 6.98. The van der Waals surface area contributed by atoms with Crippen molar-refractivity contribution >= 4 is 10.2 Å². The molecular weight excluding hydrogens is 240 g/mol. The quantitative estimate of drug-likeness (QED) is 0.802. The van der Waals surface area contributed by atoms with E-state index < -0.39 is 10.2 Å². The van der Waals surface area contributed by atoms with E-state index in [0.29, 0.717) is 19.6 Å². The zero-order chi connectivity index (χ0) is 12.5. The van der Waals surface area contributed by atoms with Crippen molar-refractivity contribution in [3.8, 4) is 0 Å². The fourth-order valence-electron chi connectivity index (χ4n) is 2.77. The normalized spacial score (nSPS) is 33.1. The minimum Gasteiger partial charge on any atom is -0.395 e. The molecule has 0 amide bonds. The predicted octanol–water partition coefficient (Wildman–Crippen LogP) is 0.420. The van der Waals surface area contributed by atoms with Gasteiger partial charge in [-0.05, 0) is 25.2 Å². The van der Waals surface area contributed by atoms with Crippen LogP contribution in [-0.4, -0.2) is 54.4 Å². The second kappa shape index (κ2) is 5.22. The van der Waals surface area contributed by atoms with E-state index in [1.54, 1.807) is 4.31 Å². The van der Waals surface area contributed by atoms with Crippen LogP contribution < -0.4 is 0 Å². The SMILES string of the molecule is CC1CCN(S(=O)(=O)N2CCCCC2)C1CO. The summed E-state index contributed by atoms with van der Waals surface area (Å²) in [4.78, 5) is 0. The van der Waals surface area contributed by atoms with Crippen molar-refractivity contribution in [2.75, 3.05) is 26.2 Å². The molecule has 0 radical (unpaired) electrons. The molecule has 6 heteroatoms. The van der Waals surface area contributed by atoms with Gasteiger partial charge >= 0.3 is 0 Å². The molecule has 0 aromatic carbocycles. The van der Waals surface area contributed by atoms with Crippen molar-refractivity contribution in [1.82, 2.24) is 8.61 Å². The van der Waals surface area contributed by atoms with E-state index in [1.165, 1.54) is 4.31 Å². The molecule has 1 N–H and O–H groups in total. The van der Waals surface area contributed by atoms with Gasteiger partial charge in [0.25, 0.3) is 10.2 Å². The summed E-state index contributed by atoms with van der Waals surface area (Å²) >= 11 is 0. The summed E-state index contributed by atoms with van der Waals surface area (Å²) in [6.45, 7) is 3.74. The summed E-state index contributed by atoms with van der Waals surface area (Å²) in [6, 6.07) is -0.234. The molecule has 0 aromatic rings. The third-order valence-electron chi connectivity index (χ3n) is 3.96. The largest absolute Gasteiger partial charge is 0.395 e. The van der Waals surface area contributed by atoms with Crippen molar-refractivity contribution in [1.29, 1.82) is 0 Å². The first-order valence-corrected chi connectivity index (χ1v) is 7.85. The maximum atomic E-state index is 12.4. The van der Waals surface area contributed by atoms with Crippen molar-refractivity contribution in [3.63, 3.8) is 0 Å². The highest BCUT2D eigenvalue weighted by Crippen LogP contribution is 2.29. The van der Waals surface area contributed by atoms with Crippen LogP contribution in [0.15, 0.2) is 0 Å². The number of aliphatic hydroxyl groups is 1. The molecule has 0 saturated carbocycles. The fraction of sp³-hybridized carbons (Fsp3) is 1.00. The summed E-state index contributed by atoms with van der Waals surface area (Å²) in [5.41, 5.74) is 0. The van der Waals surface area contributed by atoms with Gasteiger partial charge in [-0.2, -0.15) is 17.0 Å². The molecule has 2 aliphatic rings. The Morgan fingerprint density at radius 1 is 1.18 bits per heavy atom. The molecule has 2 saturated heterocycles. The molecule has 0 aliphatic carbocycles. The van der Waals surface area contributed by atoms with Crippen LogP contribution in [0.1, 0.15) is 32.6 Å². The van der Waals surface area contributed by atoms with E-state index in [0.717, 1.165) is 25.7 Å². The molecule has 2 heterocycles. The van der Waals surface area contributed by atoms with E-state index >= 15 is 0 Å². The smallest absolute Gasteiger partial charge is 0.282 e. The topological polar surface area (TPSA) is 60.9 Å². The minimum atomic E-state index is -3.35. The first-order chi connectivity index (χ1) is 8.07. The highest BCUT2D eigenvalue weighted by molar-refractivity contribution is 7.86. The zero-order valence-electron chi connectivity index (χ0n) is 10.4. The molecule has 0 spiro atoms. The number of nitrogens with zero attached hydrogens (tertiary/aromatic N) is 2. The number of aliphatic hydroxyl groups excluding tert-OH is 1. The Labute approximate surface area is 104 Å². The summed E-state index contributed by atoms with van der Waals surface area (Å²) in [7, 11) is -3.35. The van der Waals surface area contributed by atoms with Gasteiger partial charge in [-0.3, -0.25) is 0 Å². The third kappa shape index (κ3) is 2.50. The summed E-state index contributed by atoms with van der Waals surface area (Å²) in [5, 5.41) is 9.34. The zero-order valence-corrected chi connectivity index (χ0v) is 11.2. The number of piperidine rings is 1. The summed E-state index contributed by atoms with van der Waals surface area (Å²) < 4.78 is 28.0. The van der Waals surface area contributed by atoms with Crippen LogP contribution in [0.2, 0.25) is 0 Å². The first kappa shape index (κ1) is 13.3. The number of hydrogen-bond acceptors (Lipinski definition) is 3. The lowest BCUT2D eigenvalue weighted by molar-refractivity contribution is 0.182. The highest BCUT2D eigenvalue weighted by atomic mass is 32.2. The van der Waals surface area contributed by atoms with E-state index in [-0.39, 0.29) is 18.6 Å². The average Bonchev–Trinajstić information content (AvgIpc) is 2.72. The van der Waals surface area contributed by atoms with Crippen LogP contribution in [-0.2, 0) is 10.2 Å². The van der Waals surface area contributed by atoms with Gasteiger partial charge in [0, 0.05) is 19.6 Å². The Morgan fingerprint density at radius 2 is 1.82 bits per heavy atom. The molecule has 2 fully saturated rings. The molecule has 17 heavy (non-hydrogen) atoms. The van der Waals surface area contributed by atoms with Gasteiger partial charge in [-0.1, -0.05) is 13.3 Å². The van der Waals surface area contributed by atoms with Crippen LogP contribution in [0.4, 0.5) is 0 Å². The van der Waals surface area contributed by atoms with Crippen LogP contribution in [0, 0.1) is 5.92 Å². The maximum absolute atomic E-state index is 12.4. The molecule has 2 unspecified atom stereocenters. The van der Waals surface area contributed by atoms with E-state index in [9.17, 15) is 13.5 Å². The van der Waals surface area contributed by atoms with Crippen molar-refractivity contribution in [3.05, 3.63) is 0 Å². The Balaban J connectivity index is 2.14. The molecule has 2 aliphatic heterocycles. The van der Waals surface area contributed by atoms with Gasteiger partial charge < -0.3 is 5.11 Å². The molecule has 2 atom stereocenters. The second-order valence-electron chi connectivity index (χ2n) is 5.09. The Bertz CT molecular complexity index is 352. The molecule has 0 aromatic heterocycles. The summed E-state index contributed by atoms with van der Waals surface area (Å²) in [5.74, 6) is 0.250. The van der Waals surface area contributed by atoms with Gasteiger partial charge in [-0.15, -0.1) is 0 Å². The Kier molecular flexibility index (Phi) is 4.07. The Morgan fingerprint density at radius 3 is 2.41 bits per heavy atom. The van der Waals surface area contributed by atoms with Gasteiger partial charge in [0.05, 0.1) is 12.6 Å². The number of rotatable bonds is 3. The Hall–Kier alpha value is -0.170. The van der Waals surface area contributed by atoms with Crippen molar-refractivity contribution in [2.45, 2.75) is 38.6 Å². The van der Waals surface area contributed by atoms with E-state index in [2.05, 4.69) is 0 Å². The maximum Gasteiger partial charge on any atom is 0.282 e. The molecule has 100 valence electrons. The highest BCUT2D eigenvalue weighted by Gasteiger charge is 2.41. The molecule has 5 nitrogen and oxygen atoms in total. The monoisotopic (exact) mass is 262 g/mol. The molecule has 2 rings (SSSR count). The van der Waals surface area contributed by atoms with Gasteiger partial charge in [0.1, 0.15) is 0 Å². The van der Waals surface area contributed by atoms with Gasteiger partial charge in [-0.25, -0.2) is 0 Å². The molecule has 0 bridgehead atoms. The van der Waals surface area contributed by atoms with Crippen LogP contribution in [0.5, 0.6) is 0 Å². The lowest BCUT2D eigenvalue weighted by Gasteiger charge is -2.33. The van der Waals surface area contributed by atoms with E-state index in [1.807, 2.05) is 6.92 Å². The van der Waals surface area contributed by atoms with Crippen molar-refractivity contribution < 1.29 is 13.5 Å². The average molecular weight is 262 g/mol. The van der Waals surface area contributed by atoms with Crippen molar-refractivity contribution in [2.24, 2.45) is 5.92 Å². The van der Waals surface area contributed by atoms with Crippen LogP contribution in [0.3, 0.4) is 0 Å². The van der Waals surface area contributed by atoms with Crippen LogP contribution >= 0.6 is 0 Å². The number of hydrogen-bond donors (Lipinski definition) is 1.